The molecule has 2 aliphatic rings. The molecule has 0 aliphatic carbocycles. The number of amides is 1. The molecule has 0 radical (unpaired) electrons. The van der Waals surface area contributed by atoms with E-state index in [0.717, 1.165) is 30.1 Å². The average Bonchev–Trinajstić information content (AvgIpc) is 3.07. The number of rotatable bonds is 2. The van der Waals surface area contributed by atoms with Gasteiger partial charge in [-0.1, -0.05) is 18.1 Å². The molecule has 0 aromatic carbocycles. The molecule has 1 aromatic heterocycles. The zero-order chi connectivity index (χ0) is 14.2. The number of thiophene rings is 1. The number of hydrogen-bond acceptors (Lipinski definition) is 4. The van der Waals surface area contributed by atoms with Crippen LogP contribution in [0, 0.1) is 5.92 Å². The van der Waals surface area contributed by atoms with E-state index in [1.54, 1.807) is 11.3 Å². The summed E-state index contributed by atoms with van der Waals surface area (Å²) < 4.78 is 0. The van der Waals surface area contributed by atoms with E-state index in [9.17, 15) is 4.79 Å². The molecule has 20 heavy (non-hydrogen) atoms. The third kappa shape index (κ3) is 2.46. The van der Waals surface area contributed by atoms with Crippen molar-refractivity contribution < 1.29 is 9.63 Å². The van der Waals surface area contributed by atoms with E-state index < -0.39 is 5.60 Å². The van der Waals surface area contributed by atoms with Crippen LogP contribution in [-0.4, -0.2) is 35.2 Å². The Morgan fingerprint density at radius 1 is 1.60 bits per heavy atom. The van der Waals surface area contributed by atoms with Crippen LogP contribution in [0.3, 0.4) is 0 Å². The maximum atomic E-state index is 12.7. The minimum absolute atomic E-state index is 0.0827. The van der Waals surface area contributed by atoms with E-state index in [1.165, 1.54) is 6.42 Å². The van der Waals surface area contributed by atoms with Crippen LogP contribution in [0.4, 0.5) is 0 Å². The Kier molecular flexibility index (Phi) is 3.54. The molecule has 1 amide bonds. The fourth-order valence-corrected chi connectivity index (χ4v) is 3.64. The monoisotopic (exact) mass is 292 g/mol. The van der Waals surface area contributed by atoms with Crippen LogP contribution < -0.4 is 0 Å². The SMILES string of the molecule is C[C@H]1CCCN(C(=O)[C@@]2(C)CC(c3cccs3)=NO2)C1. The summed E-state index contributed by atoms with van der Waals surface area (Å²) in [6, 6.07) is 4.01. The number of piperidine rings is 1. The van der Waals surface area contributed by atoms with Gasteiger partial charge < -0.3 is 9.74 Å². The Labute approximate surface area is 123 Å². The highest BCUT2D eigenvalue weighted by atomic mass is 32.1. The van der Waals surface area contributed by atoms with E-state index in [-0.39, 0.29) is 5.91 Å². The number of nitrogens with zero attached hydrogens (tertiary/aromatic N) is 2. The fourth-order valence-electron chi connectivity index (χ4n) is 2.94. The Morgan fingerprint density at radius 3 is 3.15 bits per heavy atom. The lowest BCUT2D eigenvalue weighted by atomic mass is 9.94. The molecule has 0 spiro atoms. The minimum atomic E-state index is -0.823. The van der Waals surface area contributed by atoms with Gasteiger partial charge in [-0.2, -0.15) is 0 Å². The molecule has 1 saturated heterocycles. The third-order valence-corrected chi connectivity index (χ3v) is 4.98. The summed E-state index contributed by atoms with van der Waals surface area (Å²) in [6.07, 6.45) is 2.86. The maximum Gasteiger partial charge on any atom is 0.269 e. The predicted octanol–water partition coefficient (Wildman–Crippen LogP) is 2.89. The van der Waals surface area contributed by atoms with Gasteiger partial charge >= 0.3 is 0 Å². The molecule has 4 nitrogen and oxygen atoms in total. The lowest BCUT2D eigenvalue weighted by Crippen LogP contribution is -2.50. The average molecular weight is 292 g/mol. The molecule has 0 N–H and O–H groups in total. The molecule has 0 saturated carbocycles. The summed E-state index contributed by atoms with van der Waals surface area (Å²) in [5.74, 6) is 0.662. The van der Waals surface area contributed by atoms with Crippen molar-refractivity contribution in [3.63, 3.8) is 0 Å². The van der Waals surface area contributed by atoms with Gasteiger partial charge in [-0.25, -0.2) is 0 Å². The largest absolute Gasteiger partial charge is 0.379 e. The second-order valence-electron chi connectivity index (χ2n) is 6.01. The summed E-state index contributed by atoms with van der Waals surface area (Å²) in [6.45, 7) is 5.74. The van der Waals surface area contributed by atoms with Gasteiger partial charge in [0.15, 0.2) is 0 Å². The van der Waals surface area contributed by atoms with Crippen molar-refractivity contribution in [1.29, 1.82) is 0 Å². The molecular weight excluding hydrogens is 272 g/mol. The van der Waals surface area contributed by atoms with Gasteiger partial charge in [0, 0.05) is 19.5 Å². The van der Waals surface area contributed by atoms with E-state index in [4.69, 9.17) is 4.84 Å². The number of hydrogen-bond donors (Lipinski definition) is 0. The standard InChI is InChI=1S/C15H20N2O2S/c1-11-5-3-7-17(10-11)14(18)15(2)9-12(16-19-15)13-6-4-8-20-13/h4,6,8,11H,3,5,7,9-10H2,1-2H3/t11-,15+/m0/s1. The quantitative estimate of drug-likeness (QED) is 0.841. The van der Waals surface area contributed by atoms with Gasteiger partial charge in [-0.3, -0.25) is 4.79 Å². The highest BCUT2D eigenvalue weighted by Crippen LogP contribution is 2.31. The lowest BCUT2D eigenvalue weighted by Gasteiger charge is -2.35. The topological polar surface area (TPSA) is 41.9 Å². The Morgan fingerprint density at radius 2 is 2.45 bits per heavy atom. The molecule has 0 unspecified atom stereocenters. The van der Waals surface area contributed by atoms with Crippen LogP contribution in [0.2, 0.25) is 0 Å². The molecule has 108 valence electrons. The van der Waals surface area contributed by atoms with Gasteiger partial charge in [-0.05, 0) is 37.1 Å². The highest BCUT2D eigenvalue weighted by Gasteiger charge is 2.45. The van der Waals surface area contributed by atoms with Crippen molar-refractivity contribution in [3.05, 3.63) is 22.4 Å². The van der Waals surface area contributed by atoms with E-state index in [0.29, 0.717) is 12.3 Å². The first-order valence-electron chi connectivity index (χ1n) is 7.17. The Balaban J connectivity index is 1.70. The first-order chi connectivity index (χ1) is 9.58. The molecule has 1 aromatic rings. The van der Waals surface area contributed by atoms with Crippen LogP contribution in [0.25, 0.3) is 0 Å². The van der Waals surface area contributed by atoms with Gasteiger partial charge in [-0.15, -0.1) is 11.3 Å². The second-order valence-corrected chi connectivity index (χ2v) is 6.96. The van der Waals surface area contributed by atoms with Crippen LogP contribution in [0.5, 0.6) is 0 Å². The van der Waals surface area contributed by atoms with Crippen molar-refractivity contribution >= 4 is 23.0 Å². The van der Waals surface area contributed by atoms with Crippen LogP contribution in [-0.2, 0) is 9.63 Å². The van der Waals surface area contributed by atoms with Crippen molar-refractivity contribution in [2.24, 2.45) is 11.1 Å². The van der Waals surface area contributed by atoms with Crippen LogP contribution in [0.15, 0.2) is 22.7 Å². The Hall–Kier alpha value is -1.36. The predicted molar refractivity (Wildman–Crippen MR) is 79.9 cm³/mol. The molecule has 2 aliphatic heterocycles. The number of carbonyl (C=O) groups is 1. The van der Waals surface area contributed by atoms with Gasteiger partial charge in [0.05, 0.1) is 4.88 Å². The number of likely N-dealkylation sites (tertiary alicyclic amines) is 1. The molecule has 3 heterocycles. The summed E-state index contributed by atoms with van der Waals surface area (Å²) in [5.41, 5.74) is 0.0667. The van der Waals surface area contributed by atoms with Crippen LogP contribution >= 0.6 is 11.3 Å². The number of oxime groups is 1. The van der Waals surface area contributed by atoms with Crippen molar-refractivity contribution in [1.82, 2.24) is 4.90 Å². The first-order valence-corrected chi connectivity index (χ1v) is 8.05. The summed E-state index contributed by atoms with van der Waals surface area (Å²) >= 11 is 1.63. The van der Waals surface area contributed by atoms with Crippen molar-refractivity contribution in [2.75, 3.05) is 13.1 Å². The van der Waals surface area contributed by atoms with Gasteiger partial charge in [0.1, 0.15) is 5.71 Å². The summed E-state index contributed by atoms with van der Waals surface area (Å²) in [7, 11) is 0. The molecule has 5 heteroatoms. The molecule has 0 bridgehead atoms. The second kappa shape index (κ2) is 5.20. The number of carbonyl (C=O) groups excluding carboxylic acids is 1. The first kappa shape index (κ1) is 13.6. The maximum absolute atomic E-state index is 12.7. The zero-order valence-electron chi connectivity index (χ0n) is 12.0. The summed E-state index contributed by atoms with van der Waals surface area (Å²) in [5, 5.41) is 6.16. The zero-order valence-corrected chi connectivity index (χ0v) is 12.8. The van der Waals surface area contributed by atoms with E-state index in [1.807, 2.05) is 29.3 Å². The fraction of sp³-hybridized carbons (Fsp3) is 0.600. The smallest absolute Gasteiger partial charge is 0.269 e. The van der Waals surface area contributed by atoms with Crippen molar-refractivity contribution in [3.8, 4) is 0 Å². The van der Waals surface area contributed by atoms with Crippen LogP contribution in [0.1, 0.15) is 38.0 Å². The third-order valence-electron chi connectivity index (χ3n) is 4.06. The van der Waals surface area contributed by atoms with Crippen molar-refractivity contribution in [2.45, 2.75) is 38.7 Å². The molecule has 3 rings (SSSR count). The van der Waals surface area contributed by atoms with E-state index in [2.05, 4.69) is 12.1 Å². The summed E-state index contributed by atoms with van der Waals surface area (Å²) in [4.78, 5) is 21.3. The molecule has 2 atom stereocenters. The lowest BCUT2D eigenvalue weighted by molar-refractivity contribution is -0.155. The van der Waals surface area contributed by atoms with Gasteiger partial charge in [0.25, 0.3) is 5.91 Å². The van der Waals surface area contributed by atoms with E-state index >= 15 is 0 Å². The normalized spacial score (nSPS) is 30.0. The minimum Gasteiger partial charge on any atom is -0.379 e. The Bertz CT molecular complexity index is 526. The molecule has 1 fully saturated rings. The highest BCUT2D eigenvalue weighted by molar-refractivity contribution is 7.12. The van der Waals surface area contributed by atoms with Gasteiger partial charge in [0.2, 0.25) is 5.60 Å². The molecular formula is C15H20N2O2S.